The lowest BCUT2D eigenvalue weighted by Crippen LogP contribution is -2.29. The number of rotatable bonds is 4. The van der Waals surface area contributed by atoms with Gasteiger partial charge in [-0.1, -0.05) is 55.5 Å². The molecule has 0 atom stereocenters. The van der Waals surface area contributed by atoms with Gasteiger partial charge < -0.3 is 9.72 Å². The number of H-pyrrole nitrogens is 1. The van der Waals surface area contributed by atoms with Crippen LogP contribution in [-0.4, -0.2) is 18.2 Å². The summed E-state index contributed by atoms with van der Waals surface area (Å²) in [5.74, 6) is 0. The number of nitrogens with one attached hydrogen (secondary N) is 3. The number of ether oxygens (including phenoxy) is 1. The summed E-state index contributed by atoms with van der Waals surface area (Å²) in [6.45, 7) is 2.31. The van der Waals surface area contributed by atoms with E-state index >= 15 is 0 Å². The van der Waals surface area contributed by atoms with Crippen LogP contribution in [0, 0.1) is 0 Å². The first-order chi connectivity index (χ1) is 14.1. The van der Waals surface area contributed by atoms with Crippen molar-refractivity contribution in [3.05, 3.63) is 66.4 Å². The summed E-state index contributed by atoms with van der Waals surface area (Å²) in [6.07, 6.45) is 1.80. The highest BCUT2D eigenvalue weighted by Gasteiger charge is 2.43. The topological polar surface area (TPSA) is 66.2 Å². The first kappa shape index (κ1) is 17.6. The summed E-state index contributed by atoms with van der Waals surface area (Å²) in [5.41, 5.74) is 11.3. The van der Waals surface area contributed by atoms with Gasteiger partial charge in [-0.3, -0.25) is 5.43 Å². The van der Waals surface area contributed by atoms with E-state index in [-0.39, 0.29) is 5.41 Å². The summed E-state index contributed by atoms with van der Waals surface area (Å²) in [5, 5.41) is 3.48. The van der Waals surface area contributed by atoms with Crippen molar-refractivity contribution in [3.63, 3.8) is 0 Å². The molecule has 1 aliphatic rings. The molecule has 0 saturated heterocycles. The fourth-order valence-electron chi connectivity index (χ4n) is 4.11. The summed E-state index contributed by atoms with van der Waals surface area (Å²) < 4.78 is 4.73. The van der Waals surface area contributed by atoms with E-state index in [9.17, 15) is 4.79 Å². The minimum absolute atomic E-state index is 0.151. The minimum Gasteiger partial charge on any atom is -0.452 e. The van der Waals surface area contributed by atoms with E-state index in [1.165, 1.54) is 36.6 Å². The maximum Gasteiger partial charge on any atom is 0.425 e. The monoisotopic (exact) mass is 385 g/mol. The van der Waals surface area contributed by atoms with Crippen LogP contribution in [0.2, 0.25) is 0 Å². The van der Waals surface area contributed by atoms with E-state index in [0.717, 1.165) is 27.5 Å². The second-order valence-electron chi connectivity index (χ2n) is 7.93. The lowest BCUT2D eigenvalue weighted by Gasteiger charge is -2.18. The van der Waals surface area contributed by atoms with Crippen molar-refractivity contribution in [2.24, 2.45) is 0 Å². The Morgan fingerprint density at radius 3 is 2.45 bits per heavy atom. The molecular weight excluding hydrogens is 362 g/mol. The van der Waals surface area contributed by atoms with Gasteiger partial charge in [-0.15, -0.1) is 0 Å². The Labute approximate surface area is 169 Å². The maximum atomic E-state index is 11.7. The molecule has 3 aromatic carbocycles. The molecular formula is C24H23N3O2. The molecule has 0 unspecified atom stereocenters. The van der Waals surface area contributed by atoms with E-state index < -0.39 is 6.09 Å². The fourth-order valence-corrected chi connectivity index (χ4v) is 4.11. The average molecular weight is 385 g/mol. The quantitative estimate of drug-likeness (QED) is 0.394. The van der Waals surface area contributed by atoms with Crippen LogP contribution < -0.4 is 10.9 Å². The van der Waals surface area contributed by atoms with E-state index in [0.29, 0.717) is 0 Å². The molecule has 29 heavy (non-hydrogen) atoms. The van der Waals surface area contributed by atoms with Gasteiger partial charge in [-0.25, -0.2) is 10.2 Å². The van der Waals surface area contributed by atoms with Crippen molar-refractivity contribution < 1.29 is 9.53 Å². The Morgan fingerprint density at radius 1 is 0.966 bits per heavy atom. The van der Waals surface area contributed by atoms with Crippen molar-refractivity contribution in [2.45, 2.75) is 25.2 Å². The first-order valence-electron chi connectivity index (χ1n) is 9.84. The lowest BCUT2D eigenvalue weighted by molar-refractivity contribution is 0.173. The predicted octanol–water partition coefficient (Wildman–Crippen LogP) is 5.72. The van der Waals surface area contributed by atoms with Gasteiger partial charge in [0.05, 0.1) is 12.8 Å². The number of para-hydroxylation sites is 1. The van der Waals surface area contributed by atoms with Gasteiger partial charge in [-0.2, -0.15) is 0 Å². The second kappa shape index (κ2) is 6.55. The zero-order valence-electron chi connectivity index (χ0n) is 16.5. The van der Waals surface area contributed by atoms with Gasteiger partial charge in [0.1, 0.15) is 0 Å². The number of benzene rings is 3. The van der Waals surface area contributed by atoms with Crippen LogP contribution >= 0.6 is 0 Å². The molecule has 1 heterocycles. The average Bonchev–Trinajstić information content (AvgIpc) is 3.39. The molecule has 1 amide bonds. The van der Waals surface area contributed by atoms with Crippen LogP contribution in [0.3, 0.4) is 0 Å². The van der Waals surface area contributed by atoms with E-state index in [2.05, 4.69) is 71.3 Å². The molecule has 146 valence electrons. The summed E-state index contributed by atoms with van der Waals surface area (Å²) in [7, 11) is 1.35. The molecule has 1 aliphatic carbocycles. The number of fused-ring (bicyclic) bond motifs is 2. The standard InChI is InChI=1S/C24H23N3O2/c1-24(13-14-24)22-21(17-9-5-6-10-18(17)25-22)20-16-8-4-3-7-15(16)11-12-19(20)26-27-23(28)29-2/h3-12,25-26H,13-14H2,1-2H3,(H,27,28). The van der Waals surface area contributed by atoms with Crippen LogP contribution in [0.25, 0.3) is 32.8 Å². The highest BCUT2D eigenvalue weighted by molar-refractivity contribution is 6.11. The summed E-state index contributed by atoms with van der Waals surface area (Å²) in [6, 6.07) is 20.8. The molecule has 1 saturated carbocycles. The van der Waals surface area contributed by atoms with Crippen LogP contribution in [-0.2, 0) is 10.2 Å². The zero-order valence-corrected chi connectivity index (χ0v) is 16.5. The number of carbonyl (C=O) groups is 1. The van der Waals surface area contributed by atoms with Crippen molar-refractivity contribution in [1.82, 2.24) is 10.4 Å². The van der Waals surface area contributed by atoms with Gasteiger partial charge >= 0.3 is 6.09 Å². The van der Waals surface area contributed by atoms with Crippen molar-refractivity contribution in [3.8, 4) is 11.1 Å². The number of carbonyl (C=O) groups excluding carboxylic acids is 1. The lowest BCUT2D eigenvalue weighted by atomic mass is 9.90. The van der Waals surface area contributed by atoms with Crippen molar-refractivity contribution in [1.29, 1.82) is 0 Å². The van der Waals surface area contributed by atoms with Crippen LogP contribution in [0.5, 0.6) is 0 Å². The molecule has 0 radical (unpaired) electrons. The maximum absolute atomic E-state index is 11.7. The highest BCUT2D eigenvalue weighted by atomic mass is 16.5. The second-order valence-corrected chi connectivity index (χ2v) is 7.93. The van der Waals surface area contributed by atoms with Gasteiger partial charge in [0.2, 0.25) is 0 Å². The summed E-state index contributed by atoms with van der Waals surface area (Å²) >= 11 is 0. The molecule has 1 fully saturated rings. The number of amides is 1. The van der Waals surface area contributed by atoms with Crippen LogP contribution in [0.1, 0.15) is 25.5 Å². The number of hydrogen-bond donors (Lipinski definition) is 3. The Balaban J connectivity index is 1.81. The first-order valence-corrected chi connectivity index (χ1v) is 9.84. The van der Waals surface area contributed by atoms with Crippen LogP contribution in [0.15, 0.2) is 60.7 Å². The number of aromatic nitrogens is 1. The van der Waals surface area contributed by atoms with E-state index in [1.807, 2.05) is 12.1 Å². The molecule has 0 aliphatic heterocycles. The Kier molecular flexibility index (Phi) is 3.98. The smallest absolute Gasteiger partial charge is 0.425 e. The van der Waals surface area contributed by atoms with Gasteiger partial charge in [0.15, 0.2) is 0 Å². The number of anilines is 1. The molecule has 5 heteroatoms. The molecule has 0 spiro atoms. The Hall–Kier alpha value is -3.47. The Morgan fingerprint density at radius 2 is 1.69 bits per heavy atom. The minimum atomic E-state index is -0.530. The molecule has 1 aromatic heterocycles. The number of hydrogen-bond acceptors (Lipinski definition) is 3. The highest BCUT2D eigenvalue weighted by Crippen LogP contribution is 2.53. The van der Waals surface area contributed by atoms with E-state index in [4.69, 9.17) is 4.74 Å². The molecule has 0 bridgehead atoms. The molecule has 4 aromatic rings. The van der Waals surface area contributed by atoms with Crippen LogP contribution in [0.4, 0.5) is 10.5 Å². The van der Waals surface area contributed by atoms with E-state index in [1.54, 1.807) is 0 Å². The fraction of sp³-hybridized carbons (Fsp3) is 0.208. The SMILES string of the molecule is COC(=O)NNc1ccc2ccccc2c1-c1c(C2(C)CC2)[nH]c2ccccc12. The molecule has 5 rings (SSSR count). The largest absolute Gasteiger partial charge is 0.452 e. The summed E-state index contributed by atoms with van der Waals surface area (Å²) in [4.78, 5) is 15.4. The third kappa shape index (κ3) is 2.90. The third-order valence-electron chi connectivity index (χ3n) is 5.97. The van der Waals surface area contributed by atoms with Gasteiger partial charge in [-0.05, 0) is 35.7 Å². The molecule has 3 N–H and O–H groups in total. The number of methoxy groups -OCH3 is 1. The molecule has 5 nitrogen and oxygen atoms in total. The third-order valence-corrected chi connectivity index (χ3v) is 5.97. The van der Waals surface area contributed by atoms with Gasteiger partial charge in [0.25, 0.3) is 0 Å². The normalized spacial score (nSPS) is 14.7. The number of aromatic amines is 1. The van der Waals surface area contributed by atoms with Gasteiger partial charge in [0, 0.05) is 33.1 Å². The zero-order chi connectivity index (χ0) is 20.0. The van der Waals surface area contributed by atoms with Crippen molar-refractivity contribution in [2.75, 3.05) is 12.5 Å². The van der Waals surface area contributed by atoms with Crippen molar-refractivity contribution >= 4 is 33.5 Å². The number of hydrazine groups is 1. The predicted molar refractivity (Wildman–Crippen MR) is 117 cm³/mol. The Bertz CT molecular complexity index is 1240.